The van der Waals surface area contributed by atoms with Crippen molar-refractivity contribution >= 4 is 5.91 Å². The van der Waals surface area contributed by atoms with Gasteiger partial charge in [-0.25, -0.2) is 4.98 Å². The van der Waals surface area contributed by atoms with Crippen molar-refractivity contribution in [3.8, 4) is 5.88 Å². The van der Waals surface area contributed by atoms with Crippen molar-refractivity contribution in [1.82, 2.24) is 4.98 Å². The van der Waals surface area contributed by atoms with Crippen LogP contribution in [0.15, 0.2) is 18.2 Å². The number of carbonyl (C=O) groups excluding carboxylic acids is 1. The molecule has 76 valence electrons. The zero-order valence-corrected chi connectivity index (χ0v) is 8.36. The summed E-state index contributed by atoms with van der Waals surface area (Å²) in [6, 6.07) is 5.47. The fourth-order valence-electron chi connectivity index (χ4n) is 1.23. The van der Waals surface area contributed by atoms with Gasteiger partial charge in [0.2, 0.25) is 11.8 Å². The van der Waals surface area contributed by atoms with Crippen LogP contribution in [-0.4, -0.2) is 18.0 Å². The molecule has 0 saturated carbocycles. The number of aromatic nitrogens is 1. The molecule has 0 aromatic carbocycles. The number of nitrogens with two attached hydrogens (primary N) is 1. The normalized spacial score (nSPS) is 12.1. The van der Waals surface area contributed by atoms with E-state index in [1.54, 1.807) is 13.2 Å². The lowest BCUT2D eigenvalue weighted by molar-refractivity contribution is -0.118. The predicted octanol–water partition coefficient (Wildman–Crippen LogP) is 1.07. The van der Waals surface area contributed by atoms with Crippen LogP contribution in [0.3, 0.4) is 0 Å². The first-order valence-electron chi connectivity index (χ1n) is 4.42. The third-order valence-corrected chi connectivity index (χ3v) is 1.97. The van der Waals surface area contributed by atoms with Crippen molar-refractivity contribution in [2.24, 2.45) is 5.73 Å². The minimum absolute atomic E-state index is 0.0302. The van der Waals surface area contributed by atoms with E-state index in [9.17, 15) is 4.79 Å². The molecule has 14 heavy (non-hydrogen) atoms. The summed E-state index contributed by atoms with van der Waals surface area (Å²) in [5.41, 5.74) is 5.93. The van der Waals surface area contributed by atoms with Gasteiger partial charge in [0.05, 0.1) is 7.11 Å². The van der Waals surface area contributed by atoms with Gasteiger partial charge >= 0.3 is 0 Å². The van der Waals surface area contributed by atoms with E-state index in [-0.39, 0.29) is 11.8 Å². The molecule has 0 bridgehead atoms. The second-order valence-corrected chi connectivity index (χ2v) is 3.18. The Morgan fingerprint density at radius 2 is 2.36 bits per heavy atom. The summed E-state index contributed by atoms with van der Waals surface area (Å²) in [4.78, 5) is 14.9. The van der Waals surface area contributed by atoms with Crippen molar-refractivity contribution in [3.05, 3.63) is 23.9 Å². The SMILES string of the molecule is COc1cccc(C(C)CC(N)=O)n1. The molecule has 1 aromatic heterocycles. The van der Waals surface area contributed by atoms with E-state index in [0.29, 0.717) is 12.3 Å². The molecule has 0 aliphatic heterocycles. The summed E-state index contributed by atoms with van der Waals surface area (Å²) in [7, 11) is 1.56. The summed E-state index contributed by atoms with van der Waals surface area (Å²) >= 11 is 0. The lowest BCUT2D eigenvalue weighted by Gasteiger charge is -2.09. The average molecular weight is 194 g/mol. The number of amides is 1. The van der Waals surface area contributed by atoms with E-state index < -0.39 is 0 Å². The van der Waals surface area contributed by atoms with Crippen molar-refractivity contribution in [3.63, 3.8) is 0 Å². The molecule has 1 unspecified atom stereocenters. The number of primary amides is 1. The Morgan fingerprint density at radius 1 is 1.64 bits per heavy atom. The Balaban J connectivity index is 2.78. The smallest absolute Gasteiger partial charge is 0.218 e. The molecule has 1 aromatic rings. The zero-order valence-electron chi connectivity index (χ0n) is 8.36. The number of ether oxygens (including phenoxy) is 1. The van der Waals surface area contributed by atoms with Crippen molar-refractivity contribution < 1.29 is 9.53 Å². The molecule has 4 heteroatoms. The average Bonchev–Trinajstić information content (AvgIpc) is 2.17. The highest BCUT2D eigenvalue weighted by Gasteiger charge is 2.10. The number of nitrogens with zero attached hydrogens (tertiary/aromatic N) is 1. The van der Waals surface area contributed by atoms with E-state index >= 15 is 0 Å². The van der Waals surface area contributed by atoms with E-state index in [1.165, 1.54) is 0 Å². The van der Waals surface area contributed by atoms with Gasteiger partial charge in [0, 0.05) is 24.1 Å². The topological polar surface area (TPSA) is 65.2 Å². The number of hydrogen-bond donors (Lipinski definition) is 1. The third-order valence-electron chi connectivity index (χ3n) is 1.97. The maximum Gasteiger partial charge on any atom is 0.218 e. The molecule has 1 heterocycles. The van der Waals surface area contributed by atoms with Gasteiger partial charge in [0.1, 0.15) is 0 Å². The first-order chi connectivity index (χ1) is 6.63. The highest BCUT2D eigenvalue weighted by molar-refractivity contribution is 5.74. The second kappa shape index (κ2) is 4.60. The van der Waals surface area contributed by atoms with Crippen LogP contribution in [0.1, 0.15) is 25.0 Å². The van der Waals surface area contributed by atoms with Gasteiger partial charge < -0.3 is 10.5 Å². The molecule has 0 aliphatic rings. The second-order valence-electron chi connectivity index (χ2n) is 3.18. The summed E-state index contributed by atoms with van der Waals surface area (Å²) in [5, 5.41) is 0. The predicted molar refractivity (Wildman–Crippen MR) is 53.0 cm³/mol. The maximum absolute atomic E-state index is 10.7. The fourth-order valence-corrected chi connectivity index (χ4v) is 1.23. The van der Waals surface area contributed by atoms with Crippen LogP contribution in [0.25, 0.3) is 0 Å². The van der Waals surface area contributed by atoms with Crippen molar-refractivity contribution in [2.45, 2.75) is 19.3 Å². The Bertz CT molecular complexity index is 326. The maximum atomic E-state index is 10.7. The highest BCUT2D eigenvalue weighted by atomic mass is 16.5. The fraction of sp³-hybridized carbons (Fsp3) is 0.400. The van der Waals surface area contributed by atoms with Gasteiger partial charge in [-0.3, -0.25) is 4.79 Å². The third kappa shape index (κ3) is 2.73. The van der Waals surface area contributed by atoms with E-state index in [2.05, 4.69) is 4.98 Å². The van der Waals surface area contributed by atoms with Crippen LogP contribution in [0.2, 0.25) is 0 Å². The van der Waals surface area contributed by atoms with Gasteiger partial charge in [-0.15, -0.1) is 0 Å². The molecule has 0 fully saturated rings. The zero-order chi connectivity index (χ0) is 10.6. The molecule has 4 nitrogen and oxygen atoms in total. The van der Waals surface area contributed by atoms with Gasteiger partial charge in [-0.1, -0.05) is 13.0 Å². The summed E-state index contributed by atoms with van der Waals surface area (Å²) in [5.74, 6) is 0.267. The number of methoxy groups -OCH3 is 1. The molecular weight excluding hydrogens is 180 g/mol. The van der Waals surface area contributed by atoms with Gasteiger partial charge in [-0.2, -0.15) is 0 Å². The number of hydrogen-bond acceptors (Lipinski definition) is 3. The lowest BCUT2D eigenvalue weighted by atomic mass is 10.0. The van der Waals surface area contributed by atoms with Crippen LogP contribution in [0, 0.1) is 0 Å². The first-order valence-corrected chi connectivity index (χ1v) is 4.42. The summed E-state index contributed by atoms with van der Waals surface area (Å²) in [6.45, 7) is 1.91. The number of pyridine rings is 1. The van der Waals surface area contributed by atoms with E-state index in [0.717, 1.165) is 5.69 Å². The molecule has 1 atom stereocenters. The van der Waals surface area contributed by atoms with Gasteiger partial charge in [0.25, 0.3) is 0 Å². The Morgan fingerprint density at radius 3 is 2.93 bits per heavy atom. The Labute approximate surface area is 83.1 Å². The largest absolute Gasteiger partial charge is 0.481 e. The van der Waals surface area contributed by atoms with Crippen LogP contribution < -0.4 is 10.5 Å². The standard InChI is InChI=1S/C10H14N2O2/c1-7(6-9(11)13)8-4-3-5-10(12-8)14-2/h3-5,7H,6H2,1-2H3,(H2,11,13). The molecule has 0 aliphatic carbocycles. The molecular formula is C10H14N2O2. The van der Waals surface area contributed by atoms with Crippen LogP contribution >= 0.6 is 0 Å². The van der Waals surface area contributed by atoms with Crippen LogP contribution in [0.5, 0.6) is 5.88 Å². The summed E-state index contributed by atoms with van der Waals surface area (Å²) in [6.07, 6.45) is 0.306. The van der Waals surface area contributed by atoms with E-state index in [1.807, 2.05) is 19.1 Å². The van der Waals surface area contributed by atoms with Crippen LogP contribution in [-0.2, 0) is 4.79 Å². The lowest BCUT2D eigenvalue weighted by Crippen LogP contribution is -2.14. The minimum Gasteiger partial charge on any atom is -0.481 e. The summed E-state index contributed by atoms with van der Waals surface area (Å²) < 4.78 is 4.98. The highest BCUT2D eigenvalue weighted by Crippen LogP contribution is 2.18. The molecule has 0 spiro atoms. The molecule has 1 rings (SSSR count). The minimum atomic E-state index is -0.317. The van der Waals surface area contributed by atoms with Gasteiger partial charge in [-0.05, 0) is 6.07 Å². The molecule has 0 saturated heterocycles. The van der Waals surface area contributed by atoms with Gasteiger partial charge in [0.15, 0.2) is 0 Å². The Kier molecular flexibility index (Phi) is 3.45. The van der Waals surface area contributed by atoms with Crippen molar-refractivity contribution in [1.29, 1.82) is 0 Å². The number of carbonyl (C=O) groups is 1. The monoisotopic (exact) mass is 194 g/mol. The van der Waals surface area contributed by atoms with Crippen LogP contribution in [0.4, 0.5) is 0 Å². The first kappa shape index (κ1) is 10.5. The van der Waals surface area contributed by atoms with Crippen molar-refractivity contribution in [2.75, 3.05) is 7.11 Å². The Hall–Kier alpha value is -1.58. The number of rotatable bonds is 4. The molecule has 0 radical (unpaired) electrons. The molecule has 2 N–H and O–H groups in total. The van der Waals surface area contributed by atoms with E-state index in [4.69, 9.17) is 10.5 Å². The quantitative estimate of drug-likeness (QED) is 0.779. The molecule has 1 amide bonds.